The highest BCUT2D eigenvalue weighted by atomic mass is 16.5. The Morgan fingerprint density at radius 3 is 2.71 bits per heavy atom. The number of nitrogens with zero attached hydrogens (tertiary/aromatic N) is 4. The van der Waals surface area contributed by atoms with Crippen molar-refractivity contribution in [2.24, 2.45) is 5.73 Å². The van der Waals surface area contributed by atoms with Crippen LogP contribution in [0.3, 0.4) is 0 Å². The summed E-state index contributed by atoms with van der Waals surface area (Å²) in [5.41, 5.74) is 5.10. The number of hydrogen-bond acceptors (Lipinski definition) is 7. The first-order valence-electron chi connectivity index (χ1n) is 5.12. The lowest BCUT2D eigenvalue weighted by atomic mass is 10.5. The highest BCUT2D eigenvalue weighted by Gasteiger charge is 2.11. The molecule has 0 fully saturated rings. The molecule has 3 N–H and O–H groups in total. The maximum Gasteiger partial charge on any atom is 0.323 e. The summed E-state index contributed by atoms with van der Waals surface area (Å²) >= 11 is 0. The number of carbonyl (C=O) groups excluding carboxylic acids is 1. The molecule has 1 amide bonds. The van der Waals surface area contributed by atoms with Crippen molar-refractivity contribution in [2.75, 3.05) is 37.5 Å². The molecule has 0 atom stereocenters. The molecule has 0 unspecified atom stereocenters. The Bertz CT molecular complexity index is 397. The third-order valence-electron chi connectivity index (χ3n) is 1.83. The van der Waals surface area contributed by atoms with Gasteiger partial charge in [0, 0.05) is 14.1 Å². The van der Waals surface area contributed by atoms with Crippen LogP contribution < -0.4 is 20.7 Å². The average Bonchev–Trinajstić information content (AvgIpc) is 2.28. The lowest BCUT2D eigenvalue weighted by Gasteiger charge is -2.15. The van der Waals surface area contributed by atoms with Crippen LogP contribution in [0.1, 0.15) is 6.92 Å². The van der Waals surface area contributed by atoms with E-state index in [1.165, 1.54) is 4.90 Å². The molecule has 0 aliphatic rings. The molecule has 0 bridgehead atoms. The molecule has 94 valence electrons. The van der Waals surface area contributed by atoms with Gasteiger partial charge in [-0.3, -0.25) is 4.79 Å². The van der Waals surface area contributed by atoms with Gasteiger partial charge in [-0.1, -0.05) is 0 Å². The third kappa shape index (κ3) is 3.74. The quantitative estimate of drug-likeness (QED) is 0.672. The molecule has 1 aromatic heterocycles. The number of nitrogens with two attached hydrogens (primary N) is 1. The van der Waals surface area contributed by atoms with Gasteiger partial charge in [0.2, 0.25) is 17.8 Å². The SMILES string of the molecule is CCOc1nc(NC)nc(N(C)CC(N)=O)n1. The number of primary amides is 1. The molecular weight excluding hydrogens is 224 g/mol. The molecule has 0 aliphatic heterocycles. The van der Waals surface area contributed by atoms with Gasteiger partial charge in [0.25, 0.3) is 0 Å². The van der Waals surface area contributed by atoms with Crippen molar-refractivity contribution in [1.29, 1.82) is 0 Å². The van der Waals surface area contributed by atoms with Crippen molar-refractivity contribution in [3.05, 3.63) is 0 Å². The van der Waals surface area contributed by atoms with Crippen molar-refractivity contribution in [3.8, 4) is 6.01 Å². The van der Waals surface area contributed by atoms with Crippen molar-refractivity contribution in [2.45, 2.75) is 6.92 Å². The molecule has 0 aromatic carbocycles. The van der Waals surface area contributed by atoms with Gasteiger partial charge in [-0.05, 0) is 6.92 Å². The summed E-state index contributed by atoms with van der Waals surface area (Å²) in [4.78, 5) is 24.5. The van der Waals surface area contributed by atoms with E-state index in [0.29, 0.717) is 18.5 Å². The Labute approximate surface area is 99.2 Å². The van der Waals surface area contributed by atoms with Crippen LogP contribution in [-0.2, 0) is 4.79 Å². The fourth-order valence-electron chi connectivity index (χ4n) is 1.13. The first-order valence-corrected chi connectivity index (χ1v) is 5.12. The number of likely N-dealkylation sites (N-methyl/N-ethyl adjacent to an activating group) is 1. The molecule has 17 heavy (non-hydrogen) atoms. The molecule has 0 radical (unpaired) electrons. The number of carbonyl (C=O) groups is 1. The van der Waals surface area contributed by atoms with Crippen molar-refractivity contribution < 1.29 is 9.53 Å². The topological polar surface area (TPSA) is 106 Å². The van der Waals surface area contributed by atoms with E-state index in [2.05, 4.69) is 20.3 Å². The number of hydrogen-bond donors (Lipinski definition) is 2. The summed E-state index contributed by atoms with van der Waals surface area (Å²) in [6.07, 6.45) is 0. The summed E-state index contributed by atoms with van der Waals surface area (Å²) in [5.74, 6) is 0.234. The van der Waals surface area contributed by atoms with Crippen molar-refractivity contribution >= 4 is 17.8 Å². The van der Waals surface area contributed by atoms with Crippen LogP contribution in [0.15, 0.2) is 0 Å². The van der Waals surface area contributed by atoms with E-state index >= 15 is 0 Å². The number of amides is 1. The molecule has 8 nitrogen and oxygen atoms in total. The standard InChI is InChI=1S/C9H16N6O2/c1-4-17-9-13-7(11-2)12-8(14-9)15(3)5-6(10)16/h4-5H2,1-3H3,(H2,10,16)(H,11,12,13,14). The van der Waals surface area contributed by atoms with E-state index in [1.54, 1.807) is 14.1 Å². The maximum absolute atomic E-state index is 10.8. The van der Waals surface area contributed by atoms with Gasteiger partial charge in [0.15, 0.2) is 0 Å². The molecule has 8 heteroatoms. The molecule has 0 spiro atoms. The smallest absolute Gasteiger partial charge is 0.323 e. The fraction of sp³-hybridized carbons (Fsp3) is 0.556. The van der Waals surface area contributed by atoms with E-state index in [9.17, 15) is 4.79 Å². The second kappa shape index (κ2) is 5.83. The van der Waals surface area contributed by atoms with E-state index in [-0.39, 0.29) is 12.6 Å². The summed E-state index contributed by atoms with van der Waals surface area (Å²) in [7, 11) is 3.35. The largest absolute Gasteiger partial charge is 0.464 e. The molecule has 1 aromatic rings. The highest BCUT2D eigenvalue weighted by Crippen LogP contribution is 2.13. The normalized spacial score (nSPS) is 9.82. The Balaban J connectivity index is 2.96. The summed E-state index contributed by atoms with van der Waals surface area (Å²) in [5, 5.41) is 2.79. The molecule has 1 heterocycles. The number of anilines is 2. The summed E-state index contributed by atoms with van der Waals surface area (Å²) in [6, 6.07) is 0.207. The van der Waals surface area contributed by atoms with Crippen LogP contribution in [0.25, 0.3) is 0 Å². The highest BCUT2D eigenvalue weighted by molar-refractivity contribution is 5.78. The van der Waals surface area contributed by atoms with Crippen LogP contribution >= 0.6 is 0 Å². The number of aromatic nitrogens is 3. The first kappa shape index (κ1) is 12.9. The number of ether oxygens (including phenoxy) is 1. The van der Waals surface area contributed by atoms with Gasteiger partial charge in [-0.25, -0.2) is 0 Å². The minimum absolute atomic E-state index is 0.0265. The second-order valence-electron chi connectivity index (χ2n) is 3.25. The predicted molar refractivity (Wildman–Crippen MR) is 63.0 cm³/mol. The predicted octanol–water partition coefficient (Wildman–Crippen LogP) is -0.766. The van der Waals surface area contributed by atoms with Gasteiger partial charge in [-0.2, -0.15) is 15.0 Å². The molecular formula is C9H16N6O2. The zero-order valence-electron chi connectivity index (χ0n) is 10.1. The van der Waals surface area contributed by atoms with Gasteiger partial charge in [0.1, 0.15) is 0 Å². The summed E-state index contributed by atoms with van der Waals surface area (Å²) in [6.45, 7) is 2.31. The van der Waals surface area contributed by atoms with Crippen LogP contribution in [0.4, 0.5) is 11.9 Å². The Kier molecular flexibility index (Phi) is 4.44. The van der Waals surface area contributed by atoms with E-state index in [0.717, 1.165) is 0 Å². The van der Waals surface area contributed by atoms with Crippen molar-refractivity contribution in [1.82, 2.24) is 15.0 Å². The Morgan fingerprint density at radius 1 is 1.47 bits per heavy atom. The van der Waals surface area contributed by atoms with Crippen LogP contribution in [0, 0.1) is 0 Å². The molecule has 1 rings (SSSR count). The first-order chi connectivity index (χ1) is 8.06. The Morgan fingerprint density at radius 2 is 2.18 bits per heavy atom. The van der Waals surface area contributed by atoms with Gasteiger partial charge in [0.05, 0.1) is 13.2 Å². The van der Waals surface area contributed by atoms with Gasteiger partial charge >= 0.3 is 6.01 Å². The van der Waals surface area contributed by atoms with E-state index < -0.39 is 5.91 Å². The van der Waals surface area contributed by atoms with E-state index in [4.69, 9.17) is 10.5 Å². The van der Waals surface area contributed by atoms with Gasteiger partial charge < -0.3 is 20.7 Å². The number of nitrogens with one attached hydrogen (secondary N) is 1. The molecule has 0 saturated carbocycles. The van der Waals surface area contributed by atoms with Crippen LogP contribution in [-0.4, -0.2) is 48.1 Å². The number of rotatable bonds is 6. The zero-order chi connectivity index (χ0) is 12.8. The maximum atomic E-state index is 10.8. The lowest BCUT2D eigenvalue weighted by Crippen LogP contribution is -2.32. The zero-order valence-corrected chi connectivity index (χ0v) is 10.1. The Hall–Kier alpha value is -2.12. The third-order valence-corrected chi connectivity index (χ3v) is 1.83. The average molecular weight is 240 g/mol. The minimum Gasteiger partial charge on any atom is -0.464 e. The monoisotopic (exact) mass is 240 g/mol. The van der Waals surface area contributed by atoms with Crippen molar-refractivity contribution in [3.63, 3.8) is 0 Å². The van der Waals surface area contributed by atoms with Crippen LogP contribution in [0.2, 0.25) is 0 Å². The second-order valence-corrected chi connectivity index (χ2v) is 3.25. The fourth-order valence-corrected chi connectivity index (χ4v) is 1.13. The minimum atomic E-state index is -0.461. The lowest BCUT2D eigenvalue weighted by molar-refractivity contribution is -0.116. The summed E-state index contributed by atoms with van der Waals surface area (Å²) < 4.78 is 5.20. The molecule has 0 saturated heterocycles. The van der Waals surface area contributed by atoms with E-state index in [1.807, 2.05) is 6.92 Å². The van der Waals surface area contributed by atoms with Crippen LogP contribution in [0.5, 0.6) is 6.01 Å². The van der Waals surface area contributed by atoms with Gasteiger partial charge in [-0.15, -0.1) is 0 Å². The molecule has 0 aliphatic carbocycles.